The Bertz CT molecular complexity index is 1600. The highest BCUT2D eigenvalue weighted by molar-refractivity contribution is 5.74. The number of hydrogen-bond acceptors (Lipinski definition) is 4. The van der Waals surface area contributed by atoms with Gasteiger partial charge >= 0.3 is 0 Å². The fraction of sp³-hybridized carbons (Fsp3) is 0.200. The average molecular weight is 526 g/mol. The molecule has 2 heterocycles. The lowest BCUT2D eigenvalue weighted by Gasteiger charge is -2.41. The molecule has 0 saturated carbocycles. The summed E-state index contributed by atoms with van der Waals surface area (Å²) in [6.07, 6.45) is 8.39. The first-order valence-corrected chi connectivity index (χ1v) is 13.3. The van der Waals surface area contributed by atoms with Gasteiger partial charge in [-0.3, -0.25) is 0 Å². The molecule has 3 aromatic rings. The molecule has 198 valence electrons. The van der Waals surface area contributed by atoms with Crippen LogP contribution in [0.25, 0.3) is 16.7 Å². The molecule has 0 radical (unpaired) electrons. The highest BCUT2D eigenvalue weighted by Gasteiger charge is 2.34. The lowest BCUT2D eigenvalue weighted by Crippen LogP contribution is -2.37. The molecule has 0 saturated heterocycles. The van der Waals surface area contributed by atoms with Gasteiger partial charge in [-0.1, -0.05) is 80.6 Å². The minimum absolute atomic E-state index is 0.0172. The minimum atomic E-state index is -0.0172. The van der Waals surface area contributed by atoms with Gasteiger partial charge in [-0.2, -0.15) is 0 Å². The molecule has 2 aliphatic rings. The predicted molar refractivity (Wildman–Crippen MR) is 160 cm³/mol. The summed E-state index contributed by atoms with van der Waals surface area (Å²) < 4.78 is 12.2. The van der Waals surface area contributed by atoms with E-state index in [4.69, 9.17) is 16.0 Å². The van der Waals surface area contributed by atoms with Gasteiger partial charge in [0.15, 0.2) is 0 Å². The van der Waals surface area contributed by atoms with E-state index >= 15 is 0 Å². The molecule has 3 aromatic carbocycles. The Kier molecular flexibility index (Phi) is 7.58. The number of allylic oxidation sites excluding steroid dienone is 5. The summed E-state index contributed by atoms with van der Waals surface area (Å²) in [5.41, 5.74) is 6.06. The molecule has 0 aromatic heterocycles. The van der Waals surface area contributed by atoms with Crippen LogP contribution in [0.1, 0.15) is 42.5 Å². The number of benzene rings is 3. The third-order valence-electron chi connectivity index (χ3n) is 7.39. The number of rotatable bonds is 6. The first-order chi connectivity index (χ1) is 19.4. The van der Waals surface area contributed by atoms with Crippen molar-refractivity contribution in [2.45, 2.75) is 32.2 Å². The van der Waals surface area contributed by atoms with Crippen molar-refractivity contribution in [3.63, 3.8) is 0 Å². The van der Waals surface area contributed by atoms with E-state index in [1.54, 1.807) is 19.3 Å². The van der Waals surface area contributed by atoms with E-state index in [1.807, 2.05) is 54.6 Å². The highest BCUT2D eigenvalue weighted by Crippen LogP contribution is 2.46. The van der Waals surface area contributed by atoms with Crippen molar-refractivity contribution >= 4 is 17.5 Å². The summed E-state index contributed by atoms with van der Waals surface area (Å²) in [5, 5.41) is 9.51. The quantitative estimate of drug-likeness (QED) is 0.241. The summed E-state index contributed by atoms with van der Waals surface area (Å²) in [5.74, 6) is 1.98. The monoisotopic (exact) mass is 525 g/mol. The van der Waals surface area contributed by atoms with Crippen molar-refractivity contribution in [3.8, 4) is 11.8 Å². The molecule has 5 heteroatoms. The maximum absolute atomic E-state index is 9.51. The molecule has 0 N–H and O–H groups in total. The van der Waals surface area contributed by atoms with E-state index < -0.39 is 0 Å². The molecule has 5 rings (SSSR count). The third-order valence-corrected chi connectivity index (χ3v) is 7.39. The Morgan fingerprint density at radius 1 is 1.07 bits per heavy atom. The van der Waals surface area contributed by atoms with E-state index in [9.17, 15) is 5.26 Å². The summed E-state index contributed by atoms with van der Waals surface area (Å²) >= 11 is 0. The second-order valence-electron chi connectivity index (χ2n) is 10.5. The first kappa shape index (κ1) is 26.6. The van der Waals surface area contributed by atoms with Crippen LogP contribution in [0.4, 0.5) is 5.69 Å². The van der Waals surface area contributed by atoms with E-state index in [2.05, 4.69) is 60.0 Å². The molecule has 0 fully saturated rings. The van der Waals surface area contributed by atoms with Gasteiger partial charge < -0.3 is 14.4 Å². The zero-order valence-corrected chi connectivity index (χ0v) is 23.0. The maximum atomic E-state index is 9.51. The summed E-state index contributed by atoms with van der Waals surface area (Å²) in [4.78, 5) is 5.83. The molecule has 2 aliphatic heterocycles. The lowest BCUT2D eigenvalue weighted by molar-refractivity contribution is 0.396. The van der Waals surface area contributed by atoms with Crippen LogP contribution in [0.15, 0.2) is 108 Å². The molecule has 0 amide bonds. The molecule has 0 atom stereocenters. The van der Waals surface area contributed by atoms with Gasteiger partial charge in [0.1, 0.15) is 17.3 Å². The third kappa shape index (κ3) is 5.55. The normalized spacial score (nSPS) is 17.1. The SMILES string of the molecule is [C-]#[N+]/C(C#N)=C1C=C(/C=C/c2cc(OC)c3c(c2)C(C)(C)CCN3Cc2ccccc2)OC(c2ccccc2)=C/1. The number of hydrogen-bond donors (Lipinski definition) is 0. The Balaban J connectivity index is 1.51. The number of nitriles is 1. The van der Waals surface area contributed by atoms with Crippen LogP contribution in [0, 0.1) is 17.9 Å². The highest BCUT2D eigenvalue weighted by atomic mass is 16.5. The van der Waals surface area contributed by atoms with Crippen LogP contribution in [0.2, 0.25) is 0 Å². The summed E-state index contributed by atoms with van der Waals surface area (Å²) in [6, 6.07) is 26.5. The van der Waals surface area contributed by atoms with Crippen molar-refractivity contribution in [2.75, 3.05) is 18.6 Å². The van der Waals surface area contributed by atoms with Gasteiger partial charge in [-0.15, -0.1) is 0 Å². The zero-order valence-electron chi connectivity index (χ0n) is 23.0. The van der Waals surface area contributed by atoms with E-state index in [1.165, 1.54) is 11.1 Å². The Morgan fingerprint density at radius 2 is 1.80 bits per heavy atom. The van der Waals surface area contributed by atoms with Crippen molar-refractivity contribution in [2.24, 2.45) is 0 Å². The molecule has 0 spiro atoms. The van der Waals surface area contributed by atoms with Gasteiger partial charge in [-0.05, 0) is 64.5 Å². The van der Waals surface area contributed by atoms with Crippen LogP contribution in [-0.2, 0) is 16.7 Å². The van der Waals surface area contributed by atoms with Gasteiger partial charge in [0.25, 0.3) is 5.70 Å². The molecule has 5 nitrogen and oxygen atoms in total. The molecular formula is C35H31N3O2. The predicted octanol–water partition coefficient (Wildman–Crippen LogP) is 8.05. The summed E-state index contributed by atoms with van der Waals surface area (Å²) in [6.45, 7) is 13.8. The molecule has 0 unspecified atom stereocenters. The minimum Gasteiger partial charge on any atom is -0.495 e. The fourth-order valence-electron chi connectivity index (χ4n) is 5.16. The van der Waals surface area contributed by atoms with Crippen LogP contribution in [0.3, 0.4) is 0 Å². The smallest absolute Gasteiger partial charge is 0.269 e. The zero-order chi connectivity index (χ0) is 28.1. The van der Waals surface area contributed by atoms with E-state index in [0.717, 1.165) is 42.1 Å². The second kappa shape index (κ2) is 11.4. The van der Waals surface area contributed by atoms with Gasteiger partial charge in [0, 0.05) is 18.7 Å². The number of nitrogens with zero attached hydrogens (tertiary/aromatic N) is 3. The van der Waals surface area contributed by atoms with E-state index in [0.29, 0.717) is 17.1 Å². The topological polar surface area (TPSA) is 49.8 Å². The average Bonchev–Trinajstić information content (AvgIpc) is 2.99. The maximum Gasteiger partial charge on any atom is 0.269 e. The van der Waals surface area contributed by atoms with Crippen molar-refractivity contribution < 1.29 is 9.47 Å². The Labute approximate surface area is 236 Å². The number of fused-ring (bicyclic) bond motifs is 1. The van der Waals surface area contributed by atoms with Crippen LogP contribution < -0.4 is 9.64 Å². The van der Waals surface area contributed by atoms with Crippen LogP contribution in [-0.4, -0.2) is 13.7 Å². The number of anilines is 1. The van der Waals surface area contributed by atoms with Gasteiger partial charge in [-0.25, -0.2) is 10.1 Å². The fourth-order valence-corrected chi connectivity index (χ4v) is 5.16. The Morgan fingerprint density at radius 3 is 2.48 bits per heavy atom. The number of ether oxygens (including phenoxy) is 2. The van der Waals surface area contributed by atoms with Crippen molar-refractivity contribution in [1.82, 2.24) is 0 Å². The molecule has 40 heavy (non-hydrogen) atoms. The van der Waals surface area contributed by atoms with Gasteiger partial charge in [0.05, 0.1) is 25.4 Å². The first-order valence-electron chi connectivity index (χ1n) is 13.3. The van der Waals surface area contributed by atoms with E-state index in [-0.39, 0.29) is 11.1 Å². The second-order valence-corrected chi connectivity index (χ2v) is 10.5. The van der Waals surface area contributed by atoms with Crippen molar-refractivity contribution in [1.29, 1.82) is 5.26 Å². The Hall–Kier alpha value is -5.00. The largest absolute Gasteiger partial charge is 0.495 e. The molecule has 0 bridgehead atoms. The standard InChI is InChI=1S/C35H31N3O2/c1-35(2)17-18-38(24-25-11-7-5-8-12-25)34-30(35)19-26(20-33(34)39-4)15-16-29-21-28(31(23-36)37-3)22-32(40-29)27-13-9-6-10-14-27/h5-16,19-22H,17-18,24H2,1-2,4H3/b16-15+,31-28-. The van der Waals surface area contributed by atoms with Crippen LogP contribution in [0.5, 0.6) is 5.75 Å². The number of methoxy groups -OCH3 is 1. The lowest BCUT2D eigenvalue weighted by atomic mass is 9.76. The molecule has 0 aliphatic carbocycles. The molecular weight excluding hydrogens is 494 g/mol. The summed E-state index contributed by atoms with van der Waals surface area (Å²) in [7, 11) is 1.72. The van der Waals surface area contributed by atoms with Crippen molar-refractivity contribution in [3.05, 3.63) is 142 Å². The van der Waals surface area contributed by atoms with Gasteiger partial charge in [0.2, 0.25) is 0 Å². The van der Waals surface area contributed by atoms with Crippen LogP contribution >= 0.6 is 0 Å².